The van der Waals surface area contributed by atoms with E-state index < -0.39 is 5.97 Å². The summed E-state index contributed by atoms with van der Waals surface area (Å²) in [6.45, 7) is 1.65. The average molecular weight is 297 g/mol. The Bertz CT molecular complexity index is 529. The van der Waals surface area contributed by atoms with Gasteiger partial charge in [-0.1, -0.05) is 11.6 Å². The van der Waals surface area contributed by atoms with Gasteiger partial charge in [0.1, 0.15) is 0 Å². The molecule has 20 heavy (non-hydrogen) atoms. The van der Waals surface area contributed by atoms with Crippen LogP contribution in [0.4, 0.5) is 5.69 Å². The maximum atomic E-state index is 11.8. The van der Waals surface area contributed by atoms with Crippen LogP contribution < -0.4 is 11.1 Å². The second-order valence-corrected chi connectivity index (χ2v) is 5.44. The number of rotatable bonds is 5. The van der Waals surface area contributed by atoms with Crippen LogP contribution in [-0.4, -0.2) is 24.5 Å². The Labute approximate surface area is 122 Å². The maximum Gasteiger partial charge on any atom is 0.340 e. The van der Waals surface area contributed by atoms with Gasteiger partial charge >= 0.3 is 5.97 Å². The van der Waals surface area contributed by atoms with Gasteiger partial charge in [0.05, 0.1) is 5.56 Å². The van der Waals surface area contributed by atoms with Crippen molar-refractivity contribution in [2.45, 2.75) is 25.8 Å². The van der Waals surface area contributed by atoms with Gasteiger partial charge in [-0.3, -0.25) is 4.79 Å². The Morgan fingerprint density at radius 1 is 1.50 bits per heavy atom. The quantitative estimate of drug-likeness (QED) is 0.643. The molecule has 3 N–H and O–H groups in total. The predicted octanol–water partition coefficient (Wildman–Crippen LogP) is 1.99. The van der Waals surface area contributed by atoms with E-state index >= 15 is 0 Å². The molecule has 0 aromatic heterocycles. The first-order valence-corrected chi connectivity index (χ1v) is 6.86. The topological polar surface area (TPSA) is 81.4 Å². The van der Waals surface area contributed by atoms with Gasteiger partial charge in [-0.05, 0) is 43.9 Å². The zero-order valence-corrected chi connectivity index (χ0v) is 11.9. The van der Waals surface area contributed by atoms with Crippen LogP contribution in [0.5, 0.6) is 0 Å². The highest BCUT2D eigenvalue weighted by molar-refractivity contribution is 6.31. The van der Waals surface area contributed by atoms with Crippen LogP contribution >= 0.6 is 11.6 Å². The summed E-state index contributed by atoms with van der Waals surface area (Å²) in [4.78, 5) is 23.4. The molecule has 2 rings (SSSR count). The molecule has 1 atom stereocenters. The number of halogens is 1. The summed E-state index contributed by atoms with van der Waals surface area (Å²) >= 11 is 5.75. The molecule has 1 aliphatic carbocycles. The Kier molecular flexibility index (Phi) is 4.49. The Balaban J connectivity index is 1.83. The van der Waals surface area contributed by atoms with Gasteiger partial charge in [0.15, 0.2) is 6.61 Å². The first-order chi connectivity index (χ1) is 9.47. The number of benzene rings is 1. The highest BCUT2D eigenvalue weighted by Gasteiger charge is 2.29. The average Bonchev–Trinajstić information content (AvgIpc) is 3.20. The number of carbonyl (C=O) groups is 2. The van der Waals surface area contributed by atoms with E-state index in [9.17, 15) is 9.59 Å². The molecule has 0 heterocycles. The molecule has 1 fully saturated rings. The van der Waals surface area contributed by atoms with Gasteiger partial charge in [0.2, 0.25) is 0 Å². The van der Waals surface area contributed by atoms with Crippen molar-refractivity contribution in [1.29, 1.82) is 0 Å². The van der Waals surface area contributed by atoms with E-state index in [0.717, 1.165) is 12.8 Å². The summed E-state index contributed by atoms with van der Waals surface area (Å²) in [7, 11) is 0. The van der Waals surface area contributed by atoms with Crippen LogP contribution in [-0.2, 0) is 9.53 Å². The van der Waals surface area contributed by atoms with Gasteiger partial charge in [-0.25, -0.2) is 4.79 Å². The molecule has 0 saturated heterocycles. The lowest BCUT2D eigenvalue weighted by Crippen LogP contribution is -2.37. The van der Waals surface area contributed by atoms with E-state index in [1.807, 2.05) is 6.92 Å². The summed E-state index contributed by atoms with van der Waals surface area (Å²) in [5.74, 6) is -0.375. The van der Waals surface area contributed by atoms with Crippen LogP contribution in [0, 0.1) is 5.92 Å². The Morgan fingerprint density at radius 3 is 2.80 bits per heavy atom. The van der Waals surface area contributed by atoms with Crippen LogP contribution in [0.25, 0.3) is 0 Å². The third-order valence-electron chi connectivity index (χ3n) is 3.29. The van der Waals surface area contributed by atoms with Gasteiger partial charge in [0, 0.05) is 16.8 Å². The standard InChI is InChI=1S/C14H17ClN2O3/c1-8(9-2-3-9)17-13(18)7-20-14(19)11-5-4-10(15)6-12(11)16/h4-6,8-9H,2-3,7,16H2,1H3,(H,17,18)/t8-/m1/s1. The lowest BCUT2D eigenvalue weighted by molar-refractivity contribution is -0.124. The molecule has 1 saturated carbocycles. The zero-order valence-electron chi connectivity index (χ0n) is 11.2. The minimum atomic E-state index is -0.631. The van der Waals surface area contributed by atoms with Crippen molar-refractivity contribution in [1.82, 2.24) is 5.32 Å². The first kappa shape index (κ1) is 14.7. The monoisotopic (exact) mass is 296 g/mol. The molecular formula is C14H17ClN2O3. The molecule has 0 bridgehead atoms. The fourth-order valence-corrected chi connectivity index (χ4v) is 2.12. The summed E-state index contributed by atoms with van der Waals surface area (Å²) in [5.41, 5.74) is 6.11. The van der Waals surface area contributed by atoms with Crippen LogP contribution in [0.1, 0.15) is 30.1 Å². The minimum absolute atomic E-state index is 0.127. The molecule has 1 amide bonds. The van der Waals surface area contributed by atoms with Crippen molar-refractivity contribution in [3.63, 3.8) is 0 Å². The predicted molar refractivity (Wildman–Crippen MR) is 76.5 cm³/mol. The van der Waals surface area contributed by atoms with E-state index in [1.165, 1.54) is 12.1 Å². The fourth-order valence-electron chi connectivity index (χ4n) is 1.94. The normalized spacial score (nSPS) is 15.5. The molecule has 108 valence electrons. The van der Waals surface area contributed by atoms with Crippen molar-refractivity contribution < 1.29 is 14.3 Å². The van der Waals surface area contributed by atoms with Crippen LogP contribution in [0.3, 0.4) is 0 Å². The van der Waals surface area contributed by atoms with E-state index in [4.69, 9.17) is 22.1 Å². The summed E-state index contributed by atoms with van der Waals surface area (Å²) in [6, 6.07) is 4.61. The molecule has 6 heteroatoms. The van der Waals surface area contributed by atoms with E-state index in [-0.39, 0.29) is 29.8 Å². The number of hydrogen-bond acceptors (Lipinski definition) is 4. The summed E-state index contributed by atoms with van der Waals surface area (Å²) < 4.78 is 4.94. The number of nitrogen functional groups attached to an aromatic ring is 1. The number of hydrogen-bond donors (Lipinski definition) is 2. The van der Waals surface area contributed by atoms with Crippen molar-refractivity contribution >= 4 is 29.2 Å². The fraction of sp³-hybridized carbons (Fsp3) is 0.429. The first-order valence-electron chi connectivity index (χ1n) is 6.49. The van der Waals surface area contributed by atoms with Gasteiger partial charge < -0.3 is 15.8 Å². The van der Waals surface area contributed by atoms with Crippen molar-refractivity contribution in [3.05, 3.63) is 28.8 Å². The van der Waals surface area contributed by atoms with Gasteiger partial charge in [-0.15, -0.1) is 0 Å². The molecule has 0 spiro atoms. The van der Waals surface area contributed by atoms with Crippen molar-refractivity contribution in [2.24, 2.45) is 5.92 Å². The second kappa shape index (κ2) is 6.13. The van der Waals surface area contributed by atoms with Crippen LogP contribution in [0.15, 0.2) is 18.2 Å². The third kappa shape index (κ3) is 3.87. The Morgan fingerprint density at radius 2 is 2.20 bits per heavy atom. The van der Waals surface area contributed by atoms with Gasteiger partial charge in [-0.2, -0.15) is 0 Å². The minimum Gasteiger partial charge on any atom is -0.452 e. The Hall–Kier alpha value is -1.75. The molecule has 0 unspecified atom stereocenters. The van der Waals surface area contributed by atoms with E-state index in [2.05, 4.69) is 5.32 Å². The zero-order chi connectivity index (χ0) is 14.7. The lowest BCUT2D eigenvalue weighted by atomic mass is 10.2. The molecular weight excluding hydrogens is 280 g/mol. The number of nitrogens with two attached hydrogens (primary N) is 1. The molecule has 1 aromatic rings. The highest BCUT2D eigenvalue weighted by atomic mass is 35.5. The van der Waals surface area contributed by atoms with E-state index in [1.54, 1.807) is 6.07 Å². The van der Waals surface area contributed by atoms with Crippen molar-refractivity contribution in [3.8, 4) is 0 Å². The number of esters is 1. The third-order valence-corrected chi connectivity index (χ3v) is 3.52. The number of nitrogens with one attached hydrogen (secondary N) is 1. The number of ether oxygens (including phenoxy) is 1. The second-order valence-electron chi connectivity index (χ2n) is 5.00. The molecule has 0 aliphatic heterocycles. The van der Waals surface area contributed by atoms with E-state index in [0.29, 0.717) is 10.9 Å². The number of amides is 1. The summed E-state index contributed by atoms with van der Waals surface area (Å²) in [6.07, 6.45) is 2.28. The molecule has 5 nitrogen and oxygen atoms in total. The largest absolute Gasteiger partial charge is 0.452 e. The van der Waals surface area contributed by atoms with Crippen molar-refractivity contribution in [2.75, 3.05) is 12.3 Å². The summed E-state index contributed by atoms with van der Waals surface area (Å²) in [5, 5.41) is 3.24. The molecule has 1 aromatic carbocycles. The highest BCUT2D eigenvalue weighted by Crippen LogP contribution is 2.32. The number of carbonyl (C=O) groups excluding carboxylic acids is 2. The molecule has 0 radical (unpaired) electrons. The maximum absolute atomic E-state index is 11.8. The van der Waals surface area contributed by atoms with Crippen LogP contribution in [0.2, 0.25) is 5.02 Å². The smallest absolute Gasteiger partial charge is 0.340 e. The lowest BCUT2D eigenvalue weighted by Gasteiger charge is -2.13. The SMILES string of the molecule is C[C@@H](NC(=O)COC(=O)c1ccc(Cl)cc1N)C1CC1. The van der Waals surface area contributed by atoms with Gasteiger partial charge in [0.25, 0.3) is 5.91 Å². The molecule has 1 aliphatic rings. The number of anilines is 1.